The fourth-order valence-corrected chi connectivity index (χ4v) is 4.27. The van der Waals surface area contributed by atoms with Crippen LogP contribution in [0.15, 0.2) is 54.0 Å². The highest BCUT2D eigenvalue weighted by molar-refractivity contribution is 8.18. The molecule has 0 atom stereocenters. The number of nitrogens with zero attached hydrogens (tertiary/aromatic N) is 1. The molecule has 0 aliphatic carbocycles. The fraction of sp³-hybridized carbons (Fsp3) is 0.240. The van der Waals surface area contributed by atoms with Gasteiger partial charge in [0.05, 0.1) is 18.1 Å². The van der Waals surface area contributed by atoms with E-state index < -0.39 is 17.1 Å². The molecule has 0 unspecified atom stereocenters. The zero-order valence-electron chi connectivity index (χ0n) is 18.9. The lowest BCUT2D eigenvalue weighted by Crippen LogP contribution is -2.36. The molecule has 34 heavy (non-hydrogen) atoms. The van der Waals surface area contributed by atoms with Crippen LogP contribution in [-0.4, -0.2) is 41.7 Å². The summed E-state index contributed by atoms with van der Waals surface area (Å²) in [4.78, 5) is 38.9. The fourth-order valence-electron chi connectivity index (χ4n) is 3.31. The Bertz CT molecular complexity index is 1130. The van der Waals surface area contributed by atoms with Crippen LogP contribution in [-0.2, 0) is 16.0 Å². The van der Waals surface area contributed by atoms with E-state index in [0.29, 0.717) is 47.4 Å². The van der Waals surface area contributed by atoms with E-state index in [1.54, 1.807) is 42.5 Å². The predicted molar refractivity (Wildman–Crippen MR) is 135 cm³/mol. The number of thioether (sulfide) groups is 1. The van der Waals surface area contributed by atoms with Gasteiger partial charge in [0.1, 0.15) is 6.54 Å². The maximum atomic E-state index is 12.9. The Morgan fingerprint density at radius 2 is 1.85 bits per heavy atom. The molecule has 1 fully saturated rings. The Balaban J connectivity index is 1.81. The molecule has 1 aliphatic heterocycles. The number of carbonyl (C=O) groups excluding carboxylic acids is 3. The number of rotatable bonds is 10. The number of carbonyl (C=O) groups is 3. The molecule has 0 spiro atoms. The molecule has 7 nitrogen and oxygen atoms in total. The first-order chi connectivity index (χ1) is 16.4. The summed E-state index contributed by atoms with van der Waals surface area (Å²) < 4.78 is 11.5. The molecule has 0 saturated carbocycles. The summed E-state index contributed by atoms with van der Waals surface area (Å²) in [5.74, 6) is 0.169. The van der Waals surface area contributed by atoms with Crippen LogP contribution in [0.2, 0.25) is 5.02 Å². The summed E-state index contributed by atoms with van der Waals surface area (Å²) in [6.45, 7) is 8.08. The van der Waals surface area contributed by atoms with Crippen molar-refractivity contribution in [3.8, 4) is 11.5 Å². The predicted octanol–water partition coefficient (Wildman–Crippen LogP) is 5.54. The van der Waals surface area contributed by atoms with Crippen molar-refractivity contribution in [2.24, 2.45) is 0 Å². The number of halogens is 1. The molecule has 3 amide bonds. The van der Waals surface area contributed by atoms with Crippen molar-refractivity contribution in [3.05, 3.63) is 70.1 Å². The van der Waals surface area contributed by atoms with Crippen LogP contribution in [0.1, 0.15) is 25.0 Å². The molecule has 2 aromatic rings. The molecule has 0 aromatic heterocycles. The highest BCUT2D eigenvalue weighted by Crippen LogP contribution is 2.37. The van der Waals surface area contributed by atoms with Crippen molar-refractivity contribution in [2.45, 2.75) is 20.3 Å². The van der Waals surface area contributed by atoms with Crippen LogP contribution < -0.4 is 14.8 Å². The maximum Gasteiger partial charge on any atom is 0.294 e. The monoisotopic (exact) mass is 500 g/mol. The van der Waals surface area contributed by atoms with E-state index in [1.165, 1.54) is 0 Å². The van der Waals surface area contributed by atoms with Crippen molar-refractivity contribution < 1.29 is 23.9 Å². The van der Waals surface area contributed by atoms with Gasteiger partial charge in [-0.05, 0) is 80.1 Å². The molecule has 1 N–H and O–H groups in total. The topological polar surface area (TPSA) is 84.9 Å². The second-order valence-corrected chi connectivity index (χ2v) is 8.62. The van der Waals surface area contributed by atoms with Gasteiger partial charge in [-0.15, -0.1) is 6.58 Å². The summed E-state index contributed by atoms with van der Waals surface area (Å²) in [5, 5.41) is 2.68. The molecule has 1 heterocycles. The standard InChI is InChI=1S/C25H25ClN2O5S/c1-4-7-17-12-16(13-20(32-5-2)23(17)33-6-3)14-21-24(30)28(25(31)34-21)15-22(29)27-19-10-8-18(26)9-11-19/h4,8-14H,1,5-7,15H2,2-3H3,(H,27,29)/b21-14+. The van der Waals surface area contributed by atoms with Crippen LogP contribution in [0, 0.1) is 0 Å². The first kappa shape index (κ1) is 25.4. The smallest absolute Gasteiger partial charge is 0.294 e. The van der Waals surface area contributed by atoms with Crippen molar-refractivity contribution in [2.75, 3.05) is 25.1 Å². The number of allylic oxidation sites excluding steroid dienone is 1. The molecule has 178 valence electrons. The highest BCUT2D eigenvalue weighted by atomic mass is 35.5. The van der Waals surface area contributed by atoms with E-state index in [2.05, 4.69) is 11.9 Å². The minimum absolute atomic E-state index is 0.223. The average molecular weight is 501 g/mol. The number of hydrogen-bond donors (Lipinski definition) is 1. The van der Waals surface area contributed by atoms with E-state index in [9.17, 15) is 14.4 Å². The highest BCUT2D eigenvalue weighted by Gasteiger charge is 2.36. The van der Waals surface area contributed by atoms with Crippen LogP contribution in [0.3, 0.4) is 0 Å². The minimum Gasteiger partial charge on any atom is -0.490 e. The van der Waals surface area contributed by atoms with Crippen LogP contribution >= 0.6 is 23.4 Å². The molecule has 1 aliphatic rings. The summed E-state index contributed by atoms with van der Waals surface area (Å²) in [5.41, 5.74) is 2.06. The molecule has 1 saturated heterocycles. The quantitative estimate of drug-likeness (QED) is 0.340. The maximum absolute atomic E-state index is 12.9. The molecular weight excluding hydrogens is 476 g/mol. The first-order valence-corrected chi connectivity index (χ1v) is 11.9. The summed E-state index contributed by atoms with van der Waals surface area (Å²) >= 11 is 6.64. The van der Waals surface area contributed by atoms with Crippen molar-refractivity contribution >= 4 is 52.2 Å². The lowest BCUT2D eigenvalue weighted by Gasteiger charge is -2.16. The van der Waals surface area contributed by atoms with E-state index >= 15 is 0 Å². The SMILES string of the molecule is C=CCc1cc(/C=C2/SC(=O)N(CC(=O)Nc3ccc(Cl)cc3)C2=O)cc(OCC)c1OCC. The summed E-state index contributed by atoms with van der Waals surface area (Å²) in [7, 11) is 0. The summed E-state index contributed by atoms with van der Waals surface area (Å²) in [6.07, 6.45) is 3.92. The van der Waals surface area contributed by atoms with Crippen molar-refractivity contribution in [1.29, 1.82) is 0 Å². The van der Waals surface area contributed by atoms with Gasteiger partial charge in [-0.1, -0.05) is 17.7 Å². The Hall–Kier alpha value is -3.23. The molecule has 3 rings (SSSR count). The molecule has 9 heteroatoms. The zero-order chi connectivity index (χ0) is 24.7. The second-order valence-electron chi connectivity index (χ2n) is 7.19. The number of benzene rings is 2. The number of nitrogens with one attached hydrogen (secondary N) is 1. The normalized spacial score (nSPS) is 14.4. The number of anilines is 1. The van der Waals surface area contributed by atoms with Gasteiger partial charge < -0.3 is 14.8 Å². The third-order valence-electron chi connectivity index (χ3n) is 4.71. The molecule has 2 aromatic carbocycles. The van der Waals surface area contributed by atoms with E-state index in [4.69, 9.17) is 21.1 Å². The van der Waals surface area contributed by atoms with E-state index in [-0.39, 0.29) is 11.4 Å². The zero-order valence-corrected chi connectivity index (χ0v) is 20.5. The van der Waals surface area contributed by atoms with Crippen molar-refractivity contribution in [3.63, 3.8) is 0 Å². The van der Waals surface area contributed by atoms with Gasteiger partial charge in [0.15, 0.2) is 11.5 Å². The number of ether oxygens (including phenoxy) is 2. The Kier molecular flexibility index (Phi) is 8.79. The van der Waals surface area contributed by atoms with Gasteiger partial charge >= 0.3 is 0 Å². The largest absolute Gasteiger partial charge is 0.490 e. The number of imide groups is 1. The lowest BCUT2D eigenvalue weighted by atomic mass is 10.0. The number of hydrogen-bond acceptors (Lipinski definition) is 6. The molecule has 0 bridgehead atoms. The lowest BCUT2D eigenvalue weighted by molar-refractivity contribution is -0.127. The third-order valence-corrected chi connectivity index (χ3v) is 5.87. The number of amides is 3. The van der Waals surface area contributed by atoms with Gasteiger partial charge in [-0.3, -0.25) is 19.3 Å². The second kappa shape index (κ2) is 11.8. The minimum atomic E-state index is -0.529. The van der Waals surface area contributed by atoms with Gasteiger partial charge in [0.2, 0.25) is 5.91 Å². The molecular formula is C25H25ClN2O5S. The summed E-state index contributed by atoms with van der Waals surface area (Å²) in [6, 6.07) is 10.2. The van der Waals surface area contributed by atoms with Crippen LogP contribution in [0.4, 0.5) is 10.5 Å². The van der Waals surface area contributed by atoms with Crippen LogP contribution in [0.5, 0.6) is 11.5 Å². The van der Waals surface area contributed by atoms with Gasteiger partial charge in [0, 0.05) is 16.3 Å². The Morgan fingerprint density at radius 3 is 2.50 bits per heavy atom. The van der Waals surface area contributed by atoms with Crippen LogP contribution in [0.25, 0.3) is 6.08 Å². The molecule has 0 radical (unpaired) electrons. The van der Waals surface area contributed by atoms with E-state index in [1.807, 2.05) is 19.9 Å². The van der Waals surface area contributed by atoms with Gasteiger partial charge in [0.25, 0.3) is 11.1 Å². The third kappa shape index (κ3) is 6.21. The Morgan fingerprint density at radius 1 is 1.15 bits per heavy atom. The van der Waals surface area contributed by atoms with Crippen molar-refractivity contribution in [1.82, 2.24) is 4.90 Å². The Labute approximate surface area is 207 Å². The van der Waals surface area contributed by atoms with E-state index in [0.717, 1.165) is 22.2 Å². The van der Waals surface area contributed by atoms with Gasteiger partial charge in [-0.2, -0.15) is 0 Å². The average Bonchev–Trinajstić information content (AvgIpc) is 3.05. The van der Waals surface area contributed by atoms with Gasteiger partial charge in [-0.25, -0.2) is 0 Å². The first-order valence-electron chi connectivity index (χ1n) is 10.7.